The maximum atomic E-state index is 2.44. The van der Waals surface area contributed by atoms with Gasteiger partial charge in [0, 0.05) is 0 Å². The van der Waals surface area contributed by atoms with E-state index in [1.54, 1.807) is 0 Å². The second-order valence-corrected chi connectivity index (χ2v) is 10.5. The second-order valence-electron chi connectivity index (χ2n) is 9.30. The van der Waals surface area contributed by atoms with Gasteiger partial charge in [0.15, 0.2) is 0 Å². The SMILES string of the molecule is Cc1cccc(C(c2cccc(C)c2)(c2cccc(C)c2)[C]2([Ti+3])C=CC=C2C(C)C)c1.[Cl-].[Cl-].[Cl-]. The number of allylic oxidation sites excluding steroid dienone is 4. The molecular weight excluding hydrogens is 515 g/mol. The van der Waals surface area contributed by atoms with Crippen molar-refractivity contribution in [2.24, 2.45) is 5.92 Å². The standard InChI is InChI=1S/C30H31.3ClH.Ti/c1-21(2)28-16-9-17-29(28)30(25-13-6-10-22(3)18-25,26-14-7-11-23(4)19-26)27-15-8-12-24(5)20-27;;;;/h6-21H,1-5H3;3*1H;/q;;;;+3/p-3. The van der Waals surface area contributed by atoms with Crippen LogP contribution >= 0.6 is 0 Å². The maximum absolute atomic E-state index is 2.44. The van der Waals surface area contributed by atoms with Gasteiger partial charge in [-0.25, -0.2) is 0 Å². The quantitative estimate of drug-likeness (QED) is 0.280. The summed E-state index contributed by atoms with van der Waals surface area (Å²) in [7, 11) is 0. The minimum absolute atomic E-state index is 0. The molecule has 0 radical (unpaired) electrons. The van der Waals surface area contributed by atoms with E-state index in [4.69, 9.17) is 0 Å². The zero-order valence-electron chi connectivity index (χ0n) is 20.4. The fourth-order valence-electron chi connectivity index (χ4n) is 5.33. The minimum atomic E-state index is -0.333. The van der Waals surface area contributed by atoms with Crippen LogP contribution in [0, 0.1) is 26.7 Å². The van der Waals surface area contributed by atoms with E-state index in [9.17, 15) is 0 Å². The van der Waals surface area contributed by atoms with E-state index >= 15 is 0 Å². The van der Waals surface area contributed by atoms with Gasteiger partial charge in [-0.15, -0.1) is 0 Å². The van der Waals surface area contributed by atoms with E-state index in [2.05, 4.69) is 146 Å². The van der Waals surface area contributed by atoms with Crippen LogP contribution in [0.3, 0.4) is 0 Å². The van der Waals surface area contributed by atoms with Crippen LogP contribution in [0.4, 0.5) is 0 Å². The van der Waals surface area contributed by atoms with E-state index < -0.39 is 0 Å². The fourth-order valence-corrected chi connectivity index (χ4v) is 6.74. The van der Waals surface area contributed by atoms with Crippen LogP contribution in [-0.4, -0.2) is 0 Å². The van der Waals surface area contributed by atoms with Crippen molar-refractivity contribution in [1.82, 2.24) is 0 Å². The van der Waals surface area contributed by atoms with E-state index in [1.807, 2.05) is 0 Å². The zero-order valence-corrected chi connectivity index (χ0v) is 24.2. The Morgan fingerprint density at radius 3 is 1.38 bits per heavy atom. The van der Waals surface area contributed by atoms with Gasteiger partial charge >= 0.3 is 200 Å². The number of hydrogen-bond donors (Lipinski definition) is 0. The molecule has 0 saturated heterocycles. The summed E-state index contributed by atoms with van der Waals surface area (Å²) in [6.07, 6.45) is 7.06. The Balaban J connectivity index is 0.00000193. The Morgan fingerprint density at radius 2 is 1.06 bits per heavy atom. The molecule has 4 heteroatoms. The van der Waals surface area contributed by atoms with Crippen LogP contribution < -0.4 is 37.2 Å². The van der Waals surface area contributed by atoms with Crippen molar-refractivity contribution in [3.05, 3.63) is 130 Å². The first kappa shape index (κ1) is 30.8. The summed E-state index contributed by atoms with van der Waals surface area (Å²) in [6, 6.07) is 27.4. The summed E-state index contributed by atoms with van der Waals surface area (Å²) >= 11 is 2.44. The van der Waals surface area contributed by atoms with Gasteiger partial charge in [0.25, 0.3) is 0 Å². The van der Waals surface area contributed by atoms with Gasteiger partial charge in [-0.2, -0.15) is 0 Å². The monoisotopic (exact) mass is 544 g/mol. The molecule has 0 amide bonds. The van der Waals surface area contributed by atoms with Crippen molar-refractivity contribution >= 4 is 0 Å². The van der Waals surface area contributed by atoms with Gasteiger partial charge in [0.05, 0.1) is 0 Å². The van der Waals surface area contributed by atoms with Crippen molar-refractivity contribution < 1.29 is 57.7 Å². The Bertz CT molecular complexity index is 1070. The van der Waals surface area contributed by atoms with Gasteiger partial charge in [0.1, 0.15) is 0 Å². The fraction of sp³-hybridized carbons (Fsp3) is 0.267. The first-order valence-electron chi connectivity index (χ1n) is 11.2. The third-order valence-electron chi connectivity index (χ3n) is 6.64. The van der Waals surface area contributed by atoms with Crippen LogP contribution in [0.25, 0.3) is 0 Å². The first-order valence-corrected chi connectivity index (χ1v) is 11.9. The van der Waals surface area contributed by atoms with Crippen molar-refractivity contribution in [3.8, 4) is 0 Å². The van der Waals surface area contributed by atoms with Gasteiger partial charge in [0.2, 0.25) is 0 Å². The molecule has 1 unspecified atom stereocenters. The molecular formula is C30H31Cl3Ti. The third-order valence-corrected chi connectivity index (χ3v) is 7.94. The molecule has 34 heavy (non-hydrogen) atoms. The molecule has 3 aromatic carbocycles. The number of halogens is 3. The Hall–Kier alpha value is -1.28. The summed E-state index contributed by atoms with van der Waals surface area (Å²) in [6.45, 7) is 11.3. The van der Waals surface area contributed by atoms with E-state index in [0.29, 0.717) is 5.92 Å². The molecule has 0 nitrogen and oxygen atoms in total. The van der Waals surface area contributed by atoms with Crippen LogP contribution in [0.5, 0.6) is 0 Å². The summed E-state index contributed by atoms with van der Waals surface area (Å²) in [5.41, 5.74) is 9.09. The zero-order chi connectivity index (χ0) is 22.2. The molecule has 0 spiro atoms. The van der Waals surface area contributed by atoms with Crippen molar-refractivity contribution in [2.45, 2.75) is 43.8 Å². The molecule has 176 valence electrons. The third kappa shape index (κ3) is 5.13. The largest absolute Gasteiger partial charge is 1.00 e. The smallest absolute Gasteiger partial charge is 1.00 e. The Kier molecular flexibility index (Phi) is 11.0. The first-order chi connectivity index (χ1) is 14.8. The Labute approximate surface area is 236 Å². The minimum Gasteiger partial charge on any atom is -1.00 e. The number of rotatable bonds is 5. The van der Waals surface area contributed by atoms with Crippen molar-refractivity contribution in [3.63, 3.8) is 0 Å². The number of hydrogen-bond acceptors (Lipinski definition) is 0. The molecule has 0 aromatic heterocycles. The van der Waals surface area contributed by atoms with E-state index in [1.165, 1.54) is 39.0 Å². The molecule has 0 bridgehead atoms. The van der Waals surface area contributed by atoms with Crippen LogP contribution in [0.1, 0.15) is 47.2 Å². The second kappa shape index (κ2) is 12.1. The molecule has 0 aliphatic heterocycles. The van der Waals surface area contributed by atoms with Gasteiger partial charge in [-0.1, -0.05) is 0 Å². The maximum Gasteiger partial charge on any atom is -1.00 e. The molecule has 1 atom stereocenters. The molecule has 0 saturated carbocycles. The van der Waals surface area contributed by atoms with Gasteiger partial charge in [-0.3, -0.25) is 0 Å². The average molecular weight is 546 g/mol. The molecule has 0 heterocycles. The number of benzene rings is 3. The molecule has 3 aromatic rings. The van der Waals surface area contributed by atoms with Crippen LogP contribution in [0.15, 0.2) is 96.6 Å². The number of aryl methyl sites for hydroxylation is 3. The predicted molar refractivity (Wildman–Crippen MR) is 128 cm³/mol. The van der Waals surface area contributed by atoms with Crippen LogP contribution in [-0.2, 0) is 25.9 Å². The molecule has 0 N–H and O–H groups in total. The van der Waals surface area contributed by atoms with Crippen molar-refractivity contribution in [2.75, 3.05) is 0 Å². The van der Waals surface area contributed by atoms with Crippen LogP contribution in [0.2, 0.25) is 3.72 Å². The van der Waals surface area contributed by atoms with Gasteiger partial charge in [-0.05, 0) is 0 Å². The average Bonchev–Trinajstić information content (AvgIpc) is 3.12. The summed E-state index contributed by atoms with van der Waals surface area (Å²) < 4.78 is -0.184. The molecule has 0 fully saturated rings. The Morgan fingerprint density at radius 1 is 0.676 bits per heavy atom. The topological polar surface area (TPSA) is 0 Å². The normalized spacial score (nSPS) is 16.9. The van der Waals surface area contributed by atoms with Crippen molar-refractivity contribution in [1.29, 1.82) is 0 Å². The van der Waals surface area contributed by atoms with E-state index in [-0.39, 0.29) is 46.4 Å². The predicted octanol–water partition coefficient (Wildman–Crippen LogP) is -1.18. The van der Waals surface area contributed by atoms with E-state index in [0.717, 1.165) is 0 Å². The molecule has 1 aliphatic rings. The van der Waals surface area contributed by atoms with Gasteiger partial charge < -0.3 is 37.2 Å². The molecule has 1 aliphatic carbocycles. The summed E-state index contributed by atoms with van der Waals surface area (Å²) in [5, 5.41) is 0. The molecule has 4 rings (SSSR count). The summed E-state index contributed by atoms with van der Waals surface area (Å²) in [5.74, 6) is 0.457. The summed E-state index contributed by atoms with van der Waals surface area (Å²) in [4.78, 5) is 0.